The number of benzene rings is 2. The molecular formula is C23H30F2N4. The summed E-state index contributed by atoms with van der Waals surface area (Å²) in [5, 5.41) is 9.35. The summed E-state index contributed by atoms with van der Waals surface area (Å²) >= 11 is 0. The Balaban J connectivity index is 1.33. The van der Waals surface area contributed by atoms with E-state index in [4.69, 9.17) is 0 Å². The molecule has 29 heavy (non-hydrogen) atoms. The van der Waals surface area contributed by atoms with Crippen LogP contribution in [0.2, 0.25) is 0 Å². The maximum absolute atomic E-state index is 14.5. The first-order chi connectivity index (χ1) is 14.0. The number of hydrogen-bond acceptors (Lipinski definition) is 4. The highest BCUT2D eigenvalue weighted by Gasteiger charge is 2.31. The van der Waals surface area contributed by atoms with Gasteiger partial charge in [0.2, 0.25) is 0 Å². The lowest BCUT2D eigenvalue weighted by Gasteiger charge is -2.31. The fraction of sp³-hybridized carbons (Fsp3) is 0.478. The van der Waals surface area contributed by atoms with E-state index in [9.17, 15) is 8.78 Å². The average Bonchev–Trinajstić information content (AvgIpc) is 3.18. The largest absolute Gasteiger partial charge is 0.388 e. The van der Waals surface area contributed by atoms with Crippen molar-refractivity contribution in [3.05, 3.63) is 64.7 Å². The molecule has 2 aliphatic rings. The third-order valence-corrected chi connectivity index (χ3v) is 6.05. The van der Waals surface area contributed by atoms with Crippen molar-refractivity contribution in [2.45, 2.75) is 44.4 Å². The van der Waals surface area contributed by atoms with Crippen molar-refractivity contribution in [2.24, 2.45) is 0 Å². The van der Waals surface area contributed by atoms with Crippen LogP contribution in [-0.4, -0.2) is 37.6 Å². The van der Waals surface area contributed by atoms with Gasteiger partial charge < -0.3 is 16.0 Å². The molecule has 0 aromatic heterocycles. The normalized spacial score (nSPS) is 19.9. The Kier molecular flexibility index (Phi) is 6.13. The van der Waals surface area contributed by atoms with Crippen LogP contribution < -0.4 is 16.0 Å². The van der Waals surface area contributed by atoms with Crippen molar-refractivity contribution in [1.82, 2.24) is 15.5 Å². The third kappa shape index (κ3) is 4.77. The maximum atomic E-state index is 14.5. The van der Waals surface area contributed by atoms with Gasteiger partial charge in [-0.2, -0.15) is 8.78 Å². The highest BCUT2D eigenvalue weighted by atomic mass is 19.3. The summed E-state index contributed by atoms with van der Waals surface area (Å²) in [4.78, 5) is 2.54. The average molecular weight is 401 g/mol. The van der Waals surface area contributed by atoms with E-state index < -0.39 is 5.92 Å². The topological polar surface area (TPSA) is 39.3 Å². The maximum Gasteiger partial charge on any atom is 0.285 e. The number of halogens is 2. The van der Waals surface area contributed by atoms with E-state index >= 15 is 0 Å². The van der Waals surface area contributed by atoms with Gasteiger partial charge in [-0.1, -0.05) is 30.3 Å². The van der Waals surface area contributed by atoms with Crippen LogP contribution in [0.4, 0.5) is 14.5 Å². The Morgan fingerprint density at radius 3 is 2.79 bits per heavy atom. The molecule has 2 aromatic rings. The minimum atomic E-state index is -2.91. The Hall–Kier alpha value is -2.02. The second-order valence-corrected chi connectivity index (χ2v) is 8.15. The number of hydrogen-bond donors (Lipinski definition) is 3. The Bertz CT molecular complexity index is 833. The van der Waals surface area contributed by atoms with E-state index in [2.05, 4.69) is 39.0 Å². The van der Waals surface area contributed by atoms with Gasteiger partial charge in [-0.15, -0.1) is 0 Å². The van der Waals surface area contributed by atoms with Crippen LogP contribution in [0.3, 0.4) is 0 Å². The summed E-state index contributed by atoms with van der Waals surface area (Å²) in [6, 6.07) is 13.4. The van der Waals surface area contributed by atoms with Crippen LogP contribution in [0.1, 0.15) is 35.1 Å². The third-order valence-electron chi connectivity index (χ3n) is 6.05. The lowest BCUT2D eigenvalue weighted by molar-refractivity contribution is -0.00338. The number of rotatable bonds is 7. The molecule has 1 unspecified atom stereocenters. The van der Waals surface area contributed by atoms with Gasteiger partial charge >= 0.3 is 0 Å². The molecule has 0 aliphatic carbocycles. The SMILES string of the molecule is CNc1cccc(C(F)(F)CNCc2ccc3c(c2)CN(C2CCCNC2)C3)c1. The first-order valence-electron chi connectivity index (χ1n) is 10.5. The van der Waals surface area contributed by atoms with Crippen LogP contribution in [0.5, 0.6) is 0 Å². The van der Waals surface area contributed by atoms with Gasteiger partial charge in [-0.25, -0.2) is 0 Å². The van der Waals surface area contributed by atoms with Crippen LogP contribution in [0, 0.1) is 0 Å². The molecule has 2 heterocycles. The first kappa shape index (κ1) is 20.3. The number of fused-ring (bicyclic) bond motifs is 1. The summed E-state index contributed by atoms with van der Waals surface area (Å²) in [7, 11) is 1.73. The standard InChI is InChI=1S/C23H30F2N4/c1-26-21-5-2-4-20(11-21)23(24,25)16-28-12-17-7-8-18-14-29(15-19(18)10-17)22-6-3-9-27-13-22/h2,4-5,7-8,10-11,22,26-28H,3,6,9,12-16H2,1H3. The number of alkyl halides is 2. The molecule has 0 bridgehead atoms. The van der Waals surface area contributed by atoms with E-state index in [0.717, 1.165) is 31.7 Å². The molecule has 0 spiro atoms. The number of nitrogens with zero attached hydrogens (tertiary/aromatic N) is 1. The summed E-state index contributed by atoms with van der Waals surface area (Å²) in [6.45, 7) is 4.21. The zero-order valence-electron chi connectivity index (χ0n) is 17.0. The molecule has 2 aromatic carbocycles. The molecule has 3 N–H and O–H groups in total. The predicted octanol–water partition coefficient (Wildman–Crippen LogP) is 3.68. The van der Waals surface area contributed by atoms with Crippen molar-refractivity contribution in [1.29, 1.82) is 0 Å². The van der Waals surface area contributed by atoms with Crippen LogP contribution in [-0.2, 0) is 25.6 Å². The fourth-order valence-corrected chi connectivity index (χ4v) is 4.36. The number of nitrogens with one attached hydrogen (secondary N) is 3. The van der Waals surface area contributed by atoms with Gasteiger partial charge in [0.05, 0.1) is 6.54 Å². The van der Waals surface area contributed by atoms with E-state index in [1.807, 2.05) is 0 Å². The molecule has 2 aliphatic heterocycles. The summed E-state index contributed by atoms with van der Waals surface area (Å²) in [5.41, 5.74) is 4.49. The number of piperidine rings is 1. The Morgan fingerprint density at radius 1 is 1.14 bits per heavy atom. The second kappa shape index (κ2) is 8.78. The zero-order valence-corrected chi connectivity index (χ0v) is 17.0. The Labute approximate surface area is 171 Å². The summed E-state index contributed by atoms with van der Waals surface area (Å²) < 4.78 is 29.1. The van der Waals surface area contributed by atoms with Gasteiger partial charge in [0.15, 0.2) is 0 Å². The molecule has 1 fully saturated rings. The van der Waals surface area contributed by atoms with Gasteiger partial charge in [-0.3, -0.25) is 4.90 Å². The molecule has 1 saturated heterocycles. The predicted molar refractivity (Wildman–Crippen MR) is 113 cm³/mol. The molecule has 4 rings (SSSR count). The molecule has 0 radical (unpaired) electrons. The molecular weight excluding hydrogens is 370 g/mol. The van der Waals surface area contributed by atoms with Crippen molar-refractivity contribution < 1.29 is 8.78 Å². The van der Waals surface area contributed by atoms with Crippen molar-refractivity contribution in [2.75, 3.05) is 32.0 Å². The fourth-order valence-electron chi connectivity index (χ4n) is 4.36. The van der Waals surface area contributed by atoms with Gasteiger partial charge in [0.1, 0.15) is 0 Å². The van der Waals surface area contributed by atoms with E-state index in [1.165, 1.54) is 36.1 Å². The van der Waals surface area contributed by atoms with Crippen LogP contribution in [0.15, 0.2) is 42.5 Å². The first-order valence-corrected chi connectivity index (χ1v) is 10.5. The van der Waals surface area contributed by atoms with Crippen LogP contribution >= 0.6 is 0 Å². The van der Waals surface area contributed by atoms with Gasteiger partial charge in [-0.05, 0) is 48.2 Å². The van der Waals surface area contributed by atoms with Crippen LogP contribution in [0.25, 0.3) is 0 Å². The minimum Gasteiger partial charge on any atom is -0.388 e. The highest BCUT2D eigenvalue weighted by Crippen LogP contribution is 2.30. The van der Waals surface area contributed by atoms with E-state index in [1.54, 1.807) is 19.2 Å². The quantitative estimate of drug-likeness (QED) is 0.663. The molecule has 1 atom stereocenters. The smallest absolute Gasteiger partial charge is 0.285 e. The zero-order chi connectivity index (χ0) is 20.3. The van der Waals surface area contributed by atoms with E-state index in [0.29, 0.717) is 18.3 Å². The van der Waals surface area contributed by atoms with Crippen molar-refractivity contribution in [3.63, 3.8) is 0 Å². The second-order valence-electron chi connectivity index (χ2n) is 8.15. The Morgan fingerprint density at radius 2 is 2.00 bits per heavy atom. The monoisotopic (exact) mass is 400 g/mol. The van der Waals surface area contributed by atoms with E-state index in [-0.39, 0.29) is 12.1 Å². The van der Waals surface area contributed by atoms with Gasteiger partial charge in [0, 0.05) is 50.5 Å². The van der Waals surface area contributed by atoms with Crippen molar-refractivity contribution >= 4 is 5.69 Å². The minimum absolute atomic E-state index is 0.0301. The summed E-state index contributed by atoms with van der Waals surface area (Å²) in [5.74, 6) is -2.91. The van der Waals surface area contributed by atoms with Crippen molar-refractivity contribution in [3.8, 4) is 0 Å². The summed E-state index contributed by atoms with van der Waals surface area (Å²) in [6.07, 6.45) is 2.48. The molecule has 0 amide bonds. The lowest BCUT2D eigenvalue weighted by atomic mass is 10.1. The highest BCUT2D eigenvalue weighted by molar-refractivity contribution is 5.46. The molecule has 156 valence electrons. The lowest BCUT2D eigenvalue weighted by Crippen LogP contribution is -2.43. The van der Waals surface area contributed by atoms with Gasteiger partial charge in [0.25, 0.3) is 5.92 Å². The molecule has 0 saturated carbocycles. The molecule has 6 heteroatoms. The molecule has 4 nitrogen and oxygen atoms in total. The number of anilines is 1.